The van der Waals surface area contributed by atoms with Crippen LogP contribution in [0.3, 0.4) is 0 Å². The van der Waals surface area contributed by atoms with E-state index < -0.39 is 0 Å². The quantitative estimate of drug-likeness (QED) is 0.834. The number of benzene rings is 1. The van der Waals surface area contributed by atoms with E-state index in [0.29, 0.717) is 17.0 Å². The van der Waals surface area contributed by atoms with Gasteiger partial charge in [0, 0.05) is 17.2 Å². The summed E-state index contributed by atoms with van der Waals surface area (Å²) in [5, 5.41) is 3.16. The van der Waals surface area contributed by atoms with Gasteiger partial charge in [0.15, 0.2) is 5.78 Å². The fraction of sp³-hybridized carbons (Fsp3) is 0.429. The van der Waals surface area contributed by atoms with E-state index in [2.05, 4.69) is 19.2 Å². The molecule has 0 bridgehead atoms. The standard InChI is InChI=1S/C14H14ClNO2/c1-14(2)6-9(14)13(18)8-3-7-4-12(17)16-11(7)5-10(8)15/h3,5,9H,4,6H2,1-2H3,(H,16,17). The fourth-order valence-corrected chi connectivity index (χ4v) is 2.80. The number of Topliss-reactive ketones (excluding diaryl/α,β-unsaturated/α-hetero) is 1. The normalized spacial score (nSPS) is 23.5. The number of carbonyl (C=O) groups excluding carboxylic acids is 2. The molecule has 2 aliphatic rings. The summed E-state index contributed by atoms with van der Waals surface area (Å²) in [7, 11) is 0. The minimum Gasteiger partial charge on any atom is -0.325 e. The van der Waals surface area contributed by atoms with Crippen LogP contribution >= 0.6 is 11.6 Å². The van der Waals surface area contributed by atoms with Gasteiger partial charge in [0.1, 0.15) is 0 Å². The molecule has 1 fully saturated rings. The molecule has 0 aromatic heterocycles. The van der Waals surface area contributed by atoms with E-state index in [1.807, 2.05) is 0 Å². The summed E-state index contributed by atoms with van der Waals surface area (Å²) in [6.07, 6.45) is 1.25. The molecule has 94 valence electrons. The Hall–Kier alpha value is -1.35. The molecular weight excluding hydrogens is 250 g/mol. The highest BCUT2D eigenvalue weighted by atomic mass is 35.5. The van der Waals surface area contributed by atoms with E-state index in [9.17, 15) is 9.59 Å². The number of hydrogen-bond donors (Lipinski definition) is 1. The van der Waals surface area contributed by atoms with E-state index in [1.54, 1.807) is 12.1 Å². The van der Waals surface area contributed by atoms with Crippen LogP contribution in [0.5, 0.6) is 0 Å². The van der Waals surface area contributed by atoms with Crippen molar-refractivity contribution in [2.75, 3.05) is 5.32 Å². The van der Waals surface area contributed by atoms with Crippen molar-refractivity contribution in [3.63, 3.8) is 0 Å². The third-order valence-corrected chi connectivity index (χ3v) is 4.23. The average molecular weight is 264 g/mol. The first-order chi connectivity index (χ1) is 8.38. The Balaban J connectivity index is 1.97. The van der Waals surface area contributed by atoms with Crippen LogP contribution in [0.1, 0.15) is 36.2 Å². The van der Waals surface area contributed by atoms with Crippen LogP contribution in [0.4, 0.5) is 5.69 Å². The number of ketones is 1. The predicted molar refractivity (Wildman–Crippen MR) is 70.0 cm³/mol. The number of amides is 1. The molecule has 18 heavy (non-hydrogen) atoms. The molecule has 3 rings (SSSR count). The first-order valence-corrected chi connectivity index (χ1v) is 6.43. The predicted octanol–water partition coefficient (Wildman–Crippen LogP) is 3.06. The van der Waals surface area contributed by atoms with Crippen LogP contribution in [-0.4, -0.2) is 11.7 Å². The van der Waals surface area contributed by atoms with Crippen LogP contribution in [-0.2, 0) is 11.2 Å². The van der Waals surface area contributed by atoms with Gasteiger partial charge in [-0.1, -0.05) is 25.4 Å². The molecule has 1 N–H and O–H groups in total. The smallest absolute Gasteiger partial charge is 0.228 e. The zero-order valence-electron chi connectivity index (χ0n) is 10.3. The number of halogens is 1. The number of anilines is 1. The van der Waals surface area contributed by atoms with Gasteiger partial charge < -0.3 is 5.32 Å². The van der Waals surface area contributed by atoms with Crippen molar-refractivity contribution < 1.29 is 9.59 Å². The fourth-order valence-electron chi connectivity index (χ4n) is 2.54. The van der Waals surface area contributed by atoms with Crippen LogP contribution in [0.2, 0.25) is 5.02 Å². The van der Waals surface area contributed by atoms with Crippen molar-refractivity contribution in [1.82, 2.24) is 0 Å². The highest BCUT2D eigenvalue weighted by Crippen LogP contribution is 2.53. The average Bonchev–Trinajstić information content (AvgIpc) is 2.75. The van der Waals surface area contributed by atoms with Gasteiger partial charge in [0.05, 0.1) is 11.4 Å². The first kappa shape index (κ1) is 11.7. The Morgan fingerprint density at radius 2 is 2.11 bits per heavy atom. The second-order valence-electron chi connectivity index (χ2n) is 5.82. The van der Waals surface area contributed by atoms with Crippen LogP contribution in [0.25, 0.3) is 0 Å². The molecule has 1 atom stereocenters. The molecule has 1 aromatic rings. The van der Waals surface area contributed by atoms with Gasteiger partial charge in [0.25, 0.3) is 0 Å². The molecule has 1 heterocycles. The molecule has 1 amide bonds. The second-order valence-corrected chi connectivity index (χ2v) is 6.23. The topological polar surface area (TPSA) is 46.2 Å². The van der Waals surface area contributed by atoms with Gasteiger partial charge >= 0.3 is 0 Å². The van der Waals surface area contributed by atoms with Gasteiger partial charge in [-0.05, 0) is 29.5 Å². The third kappa shape index (κ3) is 1.74. The monoisotopic (exact) mass is 263 g/mol. The summed E-state index contributed by atoms with van der Waals surface area (Å²) < 4.78 is 0. The van der Waals surface area contributed by atoms with E-state index in [0.717, 1.165) is 17.7 Å². The number of hydrogen-bond acceptors (Lipinski definition) is 2. The Morgan fingerprint density at radius 1 is 1.44 bits per heavy atom. The minimum atomic E-state index is -0.0441. The van der Waals surface area contributed by atoms with E-state index >= 15 is 0 Å². The molecule has 1 aromatic carbocycles. The number of rotatable bonds is 2. The molecule has 1 aliphatic carbocycles. The lowest BCUT2D eigenvalue weighted by atomic mass is 9.99. The van der Waals surface area contributed by atoms with Crippen LogP contribution in [0.15, 0.2) is 12.1 Å². The summed E-state index contributed by atoms with van der Waals surface area (Å²) in [5.74, 6) is 0.127. The van der Waals surface area contributed by atoms with Crippen molar-refractivity contribution in [3.8, 4) is 0 Å². The van der Waals surface area contributed by atoms with E-state index in [1.165, 1.54) is 0 Å². The highest BCUT2D eigenvalue weighted by Gasteiger charge is 2.50. The molecule has 4 heteroatoms. The summed E-state index contributed by atoms with van der Waals surface area (Å²) >= 11 is 6.14. The Morgan fingerprint density at radius 3 is 2.72 bits per heavy atom. The van der Waals surface area contributed by atoms with Gasteiger partial charge in [-0.2, -0.15) is 0 Å². The molecule has 0 saturated heterocycles. The van der Waals surface area contributed by atoms with E-state index in [4.69, 9.17) is 11.6 Å². The number of fused-ring (bicyclic) bond motifs is 1. The highest BCUT2D eigenvalue weighted by molar-refractivity contribution is 6.34. The second kappa shape index (κ2) is 3.58. The van der Waals surface area contributed by atoms with Crippen molar-refractivity contribution in [2.24, 2.45) is 11.3 Å². The molecule has 0 spiro atoms. The molecule has 3 nitrogen and oxygen atoms in total. The van der Waals surface area contributed by atoms with Crippen molar-refractivity contribution >= 4 is 29.0 Å². The SMILES string of the molecule is CC1(C)CC1C(=O)c1cc2c(cc1Cl)NC(=O)C2. The van der Waals surface area contributed by atoms with Crippen LogP contribution in [0, 0.1) is 11.3 Å². The number of nitrogens with one attached hydrogen (secondary N) is 1. The zero-order valence-corrected chi connectivity index (χ0v) is 11.1. The van der Waals surface area contributed by atoms with Crippen molar-refractivity contribution in [1.29, 1.82) is 0 Å². The largest absolute Gasteiger partial charge is 0.325 e. The minimum absolute atomic E-state index is 0.0441. The maximum atomic E-state index is 12.3. The van der Waals surface area contributed by atoms with Gasteiger partial charge in [-0.25, -0.2) is 0 Å². The maximum Gasteiger partial charge on any atom is 0.228 e. The Labute approximate surface area is 111 Å². The third-order valence-electron chi connectivity index (χ3n) is 3.91. The van der Waals surface area contributed by atoms with Crippen molar-refractivity contribution in [3.05, 3.63) is 28.3 Å². The molecule has 1 aliphatic heterocycles. The maximum absolute atomic E-state index is 12.3. The lowest BCUT2D eigenvalue weighted by Crippen LogP contribution is -2.07. The Bertz CT molecular complexity index is 577. The van der Waals surface area contributed by atoms with Crippen molar-refractivity contribution in [2.45, 2.75) is 26.7 Å². The van der Waals surface area contributed by atoms with Gasteiger partial charge in [0.2, 0.25) is 5.91 Å². The number of carbonyl (C=O) groups is 2. The lowest BCUT2D eigenvalue weighted by molar-refractivity contribution is -0.115. The van der Waals surface area contributed by atoms with Gasteiger partial charge in [-0.15, -0.1) is 0 Å². The van der Waals surface area contributed by atoms with E-state index in [-0.39, 0.29) is 23.0 Å². The van der Waals surface area contributed by atoms with Crippen LogP contribution < -0.4 is 5.32 Å². The summed E-state index contributed by atoms with van der Waals surface area (Å²) in [4.78, 5) is 23.6. The Kier molecular flexibility index (Phi) is 2.33. The summed E-state index contributed by atoms with van der Waals surface area (Å²) in [5.41, 5.74) is 2.25. The zero-order chi connectivity index (χ0) is 13.1. The first-order valence-electron chi connectivity index (χ1n) is 6.05. The molecular formula is C14H14ClNO2. The lowest BCUT2D eigenvalue weighted by Gasteiger charge is -2.08. The molecule has 1 saturated carbocycles. The molecule has 1 unspecified atom stereocenters. The summed E-state index contributed by atoms with van der Waals surface area (Å²) in [6.45, 7) is 4.17. The van der Waals surface area contributed by atoms with Gasteiger partial charge in [-0.3, -0.25) is 9.59 Å². The molecule has 0 radical (unpaired) electrons. The summed E-state index contributed by atoms with van der Waals surface area (Å²) in [6, 6.07) is 3.46.